The Morgan fingerprint density at radius 2 is 1.85 bits per heavy atom. The molecule has 1 atom stereocenters. The van der Waals surface area contributed by atoms with Crippen molar-refractivity contribution < 1.29 is 22.4 Å². The lowest BCUT2D eigenvalue weighted by atomic mass is 10.0. The van der Waals surface area contributed by atoms with Gasteiger partial charge >= 0.3 is 0 Å². The molecule has 0 spiro atoms. The van der Waals surface area contributed by atoms with Gasteiger partial charge in [0.25, 0.3) is 0 Å². The number of carbonyl (C=O) groups is 1. The van der Waals surface area contributed by atoms with Gasteiger partial charge in [-0.1, -0.05) is 43.7 Å². The van der Waals surface area contributed by atoms with Crippen LogP contribution >= 0.6 is 11.3 Å². The quantitative estimate of drug-likeness (QED) is 0.225. The molecule has 0 N–H and O–H groups in total. The first-order chi connectivity index (χ1) is 19.2. The van der Waals surface area contributed by atoms with Crippen LogP contribution in [-0.4, -0.2) is 43.2 Å². The van der Waals surface area contributed by atoms with Crippen LogP contribution in [0.3, 0.4) is 0 Å². The summed E-state index contributed by atoms with van der Waals surface area (Å²) < 4.78 is 40.3. The van der Waals surface area contributed by atoms with Crippen molar-refractivity contribution >= 4 is 27.3 Å². The molecule has 3 heterocycles. The van der Waals surface area contributed by atoms with E-state index in [9.17, 15) is 13.2 Å². The highest BCUT2D eigenvalue weighted by atomic mass is 32.2. The third-order valence-electron chi connectivity index (χ3n) is 7.25. The Bertz CT molecular complexity index is 1530. The smallest absolute Gasteiger partial charge is 0.243 e. The zero-order valence-electron chi connectivity index (χ0n) is 22.9. The Labute approximate surface area is 240 Å². The molecule has 5 rings (SSSR count). The van der Waals surface area contributed by atoms with E-state index in [2.05, 4.69) is 26.0 Å². The van der Waals surface area contributed by atoms with E-state index >= 15 is 0 Å². The number of ether oxygens (including phenoxy) is 1. The molecule has 0 fully saturated rings. The van der Waals surface area contributed by atoms with Crippen molar-refractivity contribution in [3.05, 3.63) is 106 Å². The Balaban J connectivity index is 1.38. The molecule has 7 nitrogen and oxygen atoms in total. The molecule has 0 radical (unpaired) electrons. The van der Waals surface area contributed by atoms with Crippen molar-refractivity contribution in [3.63, 3.8) is 0 Å². The number of hydrogen-bond donors (Lipinski definition) is 0. The van der Waals surface area contributed by atoms with Crippen molar-refractivity contribution in [1.29, 1.82) is 0 Å². The minimum Gasteiger partial charge on any atom is -0.491 e. The number of furan rings is 1. The van der Waals surface area contributed by atoms with Crippen LogP contribution in [0.4, 0.5) is 0 Å². The molecule has 4 aromatic rings. The van der Waals surface area contributed by atoms with Crippen LogP contribution in [0.5, 0.6) is 5.75 Å². The molecule has 0 aliphatic carbocycles. The fraction of sp³-hybridized carbons (Fsp3) is 0.323. The van der Waals surface area contributed by atoms with Gasteiger partial charge in [0.2, 0.25) is 15.9 Å². The molecule has 1 aliphatic rings. The van der Waals surface area contributed by atoms with Crippen molar-refractivity contribution in [2.45, 2.75) is 50.6 Å². The number of aryl methyl sites for hydroxylation is 1. The molecule has 0 bridgehead atoms. The molecule has 0 unspecified atom stereocenters. The summed E-state index contributed by atoms with van der Waals surface area (Å²) in [5, 5.41) is 2.04. The molecule has 0 saturated carbocycles. The number of benzene rings is 2. The van der Waals surface area contributed by atoms with Crippen molar-refractivity contribution in [3.8, 4) is 5.75 Å². The lowest BCUT2D eigenvalue weighted by Crippen LogP contribution is -2.47. The van der Waals surface area contributed by atoms with Gasteiger partial charge in [-0.2, -0.15) is 4.31 Å². The number of nitrogens with zero attached hydrogens (tertiary/aromatic N) is 2. The summed E-state index contributed by atoms with van der Waals surface area (Å²) >= 11 is 1.68. The maximum absolute atomic E-state index is 13.9. The highest BCUT2D eigenvalue weighted by Gasteiger charge is 2.35. The van der Waals surface area contributed by atoms with Gasteiger partial charge in [0.15, 0.2) is 0 Å². The van der Waals surface area contributed by atoms with Gasteiger partial charge in [-0.05, 0) is 78.2 Å². The molecule has 1 amide bonds. The maximum Gasteiger partial charge on any atom is 0.243 e. The van der Waals surface area contributed by atoms with Gasteiger partial charge in [-0.25, -0.2) is 8.42 Å². The molecule has 0 saturated heterocycles. The lowest BCUT2D eigenvalue weighted by Gasteiger charge is -2.37. The second kappa shape index (κ2) is 12.0. The standard InChI is InChI=1S/C31H34N2O5S2/c1-22(2)24-8-10-25(11-9-24)38-21-29-28-15-18-39-30(28)14-16-33(29)31(34)20-32(19-26-5-4-17-37-26)40(35,36)27-12-6-23(3)7-13-27/h4-13,15,17-18,22,29H,14,16,19-21H2,1-3H3/t29-/m0/s1. The Kier molecular flexibility index (Phi) is 8.44. The zero-order valence-corrected chi connectivity index (χ0v) is 24.6. The van der Waals surface area contributed by atoms with E-state index in [4.69, 9.17) is 9.15 Å². The molecule has 2 aromatic heterocycles. The Hall–Kier alpha value is -3.40. The average molecular weight is 579 g/mol. The summed E-state index contributed by atoms with van der Waals surface area (Å²) in [4.78, 5) is 17.0. The summed E-state index contributed by atoms with van der Waals surface area (Å²) in [7, 11) is -3.96. The number of amides is 1. The van der Waals surface area contributed by atoms with E-state index < -0.39 is 10.0 Å². The third-order valence-corrected chi connectivity index (χ3v) is 10.1. The highest BCUT2D eigenvalue weighted by Crippen LogP contribution is 2.34. The van der Waals surface area contributed by atoms with Crippen LogP contribution in [0.15, 0.2) is 87.7 Å². The molecule has 9 heteroatoms. The number of hydrogen-bond acceptors (Lipinski definition) is 6. The van der Waals surface area contributed by atoms with Crippen LogP contribution in [0, 0.1) is 6.92 Å². The van der Waals surface area contributed by atoms with E-state index in [0.29, 0.717) is 18.2 Å². The fourth-order valence-electron chi connectivity index (χ4n) is 4.90. The molecular formula is C31H34N2O5S2. The maximum atomic E-state index is 13.9. The van der Waals surface area contributed by atoms with Gasteiger partial charge in [0, 0.05) is 11.4 Å². The first-order valence-corrected chi connectivity index (χ1v) is 15.7. The summed E-state index contributed by atoms with van der Waals surface area (Å²) in [6.07, 6.45) is 2.22. The minimum absolute atomic E-state index is 0.0458. The van der Waals surface area contributed by atoms with E-state index in [-0.39, 0.29) is 36.5 Å². The largest absolute Gasteiger partial charge is 0.491 e. The topological polar surface area (TPSA) is 80.1 Å². The fourth-order valence-corrected chi connectivity index (χ4v) is 7.19. The van der Waals surface area contributed by atoms with Crippen LogP contribution in [0.1, 0.15) is 53.1 Å². The highest BCUT2D eigenvalue weighted by molar-refractivity contribution is 7.89. The number of rotatable bonds is 10. The van der Waals surface area contributed by atoms with Crippen LogP contribution in [-0.2, 0) is 27.8 Å². The number of carbonyl (C=O) groups excluding carboxylic acids is 1. The lowest BCUT2D eigenvalue weighted by molar-refractivity contribution is -0.135. The van der Waals surface area contributed by atoms with Gasteiger partial charge in [-0.15, -0.1) is 11.3 Å². The van der Waals surface area contributed by atoms with E-state index in [1.165, 1.54) is 21.0 Å². The van der Waals surface area contributed by atoms with Gasteiger partial charge in [0.05, 0.1) is 30.3 Å². The molecule has 1 aliphatic heterocycles. The second-order valence-electron chi connectivity index (χ2n) is 10.4. The monoisotopic (exact) mass is 578 g/mol. The molecule has 210 valence electrons. The van der Waals surface area contributed by atoms with Gasteiger partial charge in [0.1, 0.15) is 18.1 Å². The van der Waals surface area contributed by atoms with Crippen LogP contribution in [0.2, 0.25) is 0 Å². The van der Waals surface area contributed by atoms with Crippen molar-refractivity contribution in [1.82, 2.24) is 9.21 Å². The first-order valence-electron chi connectivity index (χ1n) is 13.4. The second-order valence-corrected chi connectivity index (χ2v) is 13.3. The third kappa shape index (κ3) is 6.16. The van der Waals surface area contributed by atoms with E-state index in [0.717, 1.165) is 23.3 Å². The van der Waals surface area contributed by atoms with Crippen molar-refractivity contribution in [2.24, 2.45) is 0 Å². The Morgan fingerprint density at radius 3 is 2.52 bits per heavy atom. The van der Waals surface area contributed by atoms with E-state index in [1.807, 2.05) is 30.5 Å². The predicted molar refractivity (Wildman–Crippen MR) is 156 cm³/mol. The summed E-state index contributed by atoms with van der Waals surface area (Å²) in [6.45, 7) is 6.61. The van der Waals surface area contributed by atoms with Gasteiger partial charge < -0.3 is 14.1 Å². The van der Waals surface area contributed by atoms with Crippen LogP contribution < -0.4 is 4.74 Å². The summed E-state index contributed by atoms with van der Waals surface area (Å²) in [5.74, 6) is 1.35. The number of sulfonamides is 1. The molecule has 2 aromatic carbocycles. The average Bonchev–Trinajstić information content (AvgIpc) is 3.64. The molecule has 40 heavy (non-hydrogen) atoms. The van der Waals surface area contributed by atoms with Gasteiger partial charge in [-0.3, -0.25) is 4.79 Å². The Morgan fingerprint density at radius 1 is 1.10 bits per heavy atom. The first kappa shape index (κ1) is 28.1. The number of fused-ring (bicyclic) bond motifs is 1. The number of thiophene rings is 1. The normalized spacial score (nSPS) is 15.4. The SMILES string of the molecule is Cc1ccc(S(=O)(=O)N(CC(=O)N2CCc3sccc3[C@@H]2COc2ccc(C(C)C)cc2)Cc2ccco2)cc1. The predicted octanol–water partition coefficient (Wildman–Crippen LogP) is 6.17. The summed E-state index contributed by atoms with van der Waals surface area (Å²) in [6, 6.07) is 19.8. The van der Waals surface area contributed by atoms with Crippen LogP contribution in [0.25, 0.3) is 0 Å². The minimum atomic E-state index is -3.96. The zero-order chi connectivity index (χ0) is 28.3. The summed E-state index contributed by atoms with van der Waals surface area (Å²) in [5.41, 5.74) is 3.24. The molecular weight excluding hydrogens is 544 g/mol. The van der Waals surface area contributed by atoms with E-state index in [1.54, 1.807) is 52.6 Å². The van der Waals surface area contributed by atoms with Crippen molar-refractivity contribution in [2.75, 3.05) is 19.7 Å².